The molecule has 28 heavy (non-hydrogen) atoms. The van der Waals surface area contributed by atoms with Crippen LogP contribution in [0.4, 0.5) is 10.1 Å². The van der Waals surface area contributed by atoms with Gasteiger partial charge in [-0.15, -0.1) is 0 Å². The van der Waals surface area contributed by atoms with E-state index in [4.69, 9.17) is 0 Å². The highest BCUT2D eigenvalue weighted by molar-refractivity contribution is 5.94. The van der Waals surface area contributed by atoms with Gasteiger partial charge in [0, 0.05) is 23.2 Å². The highest BCUT2D eigenvalue weighted by atomic mass is 19.1. The number of amides is 1. The van der Waals surface area contributed by atoms with Gasteiger partial charge in [-0.1, -0.05) is 12.1 Å². The van der Waals surface area contributed by atoms with E-state index in [0.717, 1.165) is 0 Å². The van der Waals surface area contributed by atoms with Gasteiger partial charge in [0.05, 0.1) is 16.3 Å². The van der Waals surface area contributed by atoms with Crippen LogP contribution in [-0.2, 0) is 0 Å². The van der Waals surface area contributed by atoms with Crippen molar-refractivity contribution in [1.82, 2.24) is 15.1 Å². The van der Waals surface area contributed by atoms with Gasteiger partial charge in [-0.3, -0.25) is 14.9 Å². The molecule has 1 aromatic heterocycles. The van der Waals surface area contributed by atoms with Crippen molar-refractivity contribution in [2.75, 3.05) is 0 Å². The summed E-state index contributed by atoms with van der Waals surface area (Å²) in [6, 6.07) is 13.3. The zero-order chi connectivity index (χ0) is 20.5. The summed E-state index contributed by atoms with van der Waals surface area (Å²) in [6.07, 6.45) is 0. The number of carbonyl (C=O) groups excluding carboxylic acids is 1. The van der Waals surface area contributed by atoms with Crippen LogP contribution < -0.4 is 5.32 Å². The number of aromatic nitrogens is 2. The molecule has 0 aliphatic rings. The normalized spacial score (nSPS) is 11.3. The van der Waals surface area contributed by atoms with Crippen LogP contribution in [0.25, 0.3) is 16.9 Å². The molecule has 2 aromatic carbocycles. The van der Waals surface area contributed by atoms with Gasteiger partial charge in [0.1, 0.15) is 11.5 Å². The number of nitro groups is 1. The SMILES string of the molecule is CC(C)(C)NC(=O)c1cc(-c2ccccc2F)nn1-c1ccc([N+](=O)[O-])cc1. The zero-order valence-corrected chi connectivity index (χ0v) is 15.6. The molecule has 0 aliphatic carbocycles. The number of hydrogen-bond donors (Lipinski definition) is 1. The summed E-state index contributed by atoms with van der Waals surface area (Å²) in [6.45, 7) is 5.53. The van der Waals surface area contributed by atoms with E-state index in [1.54, 1.807) is 18.2 Å². The number of hydrogen-bond acceptors (Lipinski definition) is 4. The van der Waals surface area contributed by atoms with E-state index in [0.29, 0.717) is 5.69 Å². The van der Waals surface area contributed by atoms with Crippen molar-refractivity contribution in [2.45, 2.75) is 26.3 Å². The lowest BCUT2D eigenvalue weighted by Gasteiger charge is -2.20. The molecule has 0 saturated carbocycles. The predicted molar refractivity (Wildman–Crippen MR) is 103 cm³/mol. The summed E-state index contributed by atoms with van der Waals surface area (Å²) in [4.78, 5) is 23.2. The Morgan fingerprint density at radius 3 is 2.36 bits per heavy atom. The van der Waals surface area contributed by atoms with Gasteiger partial charge in [-0.05, 0) is 51.1 Å². The first-order valence-electron chi connectivity index (χ1n) is 8.58. The molecule has 0 atom stereocenters. The highest BCUT2D eigenvalue weighted by Gasteiger charge is 2.22. The Hall–Kier alpha value is -3.55. The smallest absolute Gasteiger partial charge is 0.270 e. The summed E-state index contributed by atoms with van der Waals surface area (Å²) in [5, 5.41) is 18.1. The number of nitrogens with one attached hydrogen (secondary N) is 1. The average Bonchev–Trinajstić information content (AvgIpc) is 3.06. The predicted octanol–water partition coefficient (Wildman–Crippen LogP) is 4.11. The monoisotopic (exact) mass is 382 g/mol. The van der Waals surface area contributed by atoms with Crippen LogP contribution in [0.15, 0.2) is 54.6 Å². The van der Waals surface area contributed by atoms with E-state index in [1.807, 2.05) is 20.8 Å². The van der Waals surface area contributed by atoms with E-state index in [9.17, 15) is 19.3 Å². The van der Waals surface area contributed by atoms with Gasteiger partial charge in [-0.2, -0.15) is 5.10 Å². The third-order valence-electron chi connectivity index (χ3n) is 3.89. The zero-order valence-electron chi connectivity index (χ0n) is 15.6. The molecule has 0 saturated heterocycles. The molecule has 7 nitrogen and oxygen atoms in total. The molecule has 8 heteroatoms. The first kappa shape index (κ1) is 19.2. The molecule has 0 radical (unpaired) electrons. The molecule has 1 heterocycles. The minimum absolute atomic E-state index is 0.0778. The molecule has 0 unspecified atom stereocenters. The van der Waals surface area contributed by atoms with Crippen LogP contribution in [0.5, 0.6) is 0 Å². The maximum atomic E-state index is 14.2. The fraction of sp³-hybridized carbons (Fsp3) is 0.200. The molecule has 0 aliphatic heterocycles. The standard InChI is InChI=1S/C20H19FN4O3/c1-20(2,3)22-19(26)18-12-17(15-6-4-5-7-16(15)21)23-24(18)13-8-10-14(11-9-13)25(27)28/h4-12H,1-3H3,(H,22,26). The molecular weight excluding hydrogens is 363 g/mol. The third-order valence-corrected chi connectivity index (χ3v) is 3.89. The molecule has 1 N–H and O–H groups in total. The molecule has 144 valence electrons. The molecule has 3 aromatic rings. The minimum Gasteiger partial charge on any atom is -0.346 e. The Morgan fingerprint density at radius 1 is 1.14 bits per heavy atom. The quantitative estimate of drug-likeness (QED) is 0.543. The summed E-state index contributed by atoms with van der Waals surface area (Å²) >= 11 is 0. The number of halogens is 1. The van der Waals surface area contributed by atoms with E-state index >= 15 is 0 Å². The number of non-ortho nitro benzene ring substituents is 1. The van der Waals surface area contributed by atoms with Crippen LogP contribution >= 0.6 is 0 Å². The van der Waals surface area contributed by atoms with E-state index < -0.39 is 16.3 Å². The highest BCUT2D eigenvalue weighted by Crippen LogP contribution is 2.25. The number of carbonyl (C=O) groups is 1. The lowest BCUT2D eigenvalue weighted by atomic mass is 10.1. The van der Waals surface area contributed by atoms with Gasteiger partial charge >= 0.3 is 0 Å². The fourth-order valence-electron chi connectivity index (χ4n) is 2.66. The van der Waals surface area contributed by atoms with E-state index in [2.05, 4.69) is 10.4 Å². The maximum absolute atomic E-state index is 14.2. The lowest BCUT2D eigenvalue weighted by molar-refractivity contribution is -0.384. The van der Waals surface area contributed by atoms with Crippen LogP contribution in [-0.4, -0.2) is 26.1 Å². The minimum atomic E-state index is -0.509. The Labute approximate surface area is 161 Å². The second-order valence-corrected chi connectivity index (χ2v) is 7.28. The van der Waals surface area contributed by atoms with Crippen molar-refractivity contribution < 1.29 is 14.1 Å². The molecular formula is C20H19FN4O3. The van der Waals surface area contributed by atoms with Crippen LogP contribution in [0, 0.1) is 15.9 Å². The molecule has 3 rings (SSSR count). The van der Waals surface area contributed by atoms with Crippen molar-refractivity contribution in [2.24, 2.45) is 0 Å². The second kappa shape index (κ2) is 7.22. The third kappa shape index (κ3) is 4.06. The van der Waals surface area contributed by atoms with Crippen LogP contribution in [0.3, 0.4) is 0 Å². The molecule has 0 fully saturated rings. The first-order valence-corrected chi connectivity index (χ1v) is 8.58. The maximum Gasteiger partial charge on any atom is 0.270 e. The Balaban J connectivity index is 2.12. The Bertz CT molecular complexity index is 1040. The topological polar surface area (TPSA) is 90.1 Å². The number of benzene rings is 2. The van der Waals surface area contributed by atoms with E-state index in [1.165, 1.54) is 41.1 Å². The van der Waals surface area contributed by atoms with Crippen molar-refractivity contribution >= 4 is 11.6 Å². The largest absolute Gasteiger partial charge is 0.346 e. The number of rotatable bonds is 4. The van der Waals surface area contributed by atoms with Gasteiger partial charge in [0.2, 0.25) is 0 Å². The summed E-state index contributed by atoms with van der Waals surface area (Å²) < 4.78 is 15.6. The molecule has 0 spiro atoms. The lowest BCUT2D eigenvalue weighted by Crippen LogP contribution is -2.41. The molecule has 0 bridgehead atoms. The van der Waals surface area contributed by atoms with Crippen molar-refractivity contribution in [3.05, 3.63) is 76.2 Å². The van der Waals surface area contributed by atoms with Crippen molar-refractivity contribution in [1.29, 1.82) is 0 Å². The second-order valence-electron chi connectivity index (χ2n) is 7.28. The number of nitrogens with zero attached hydrogens (tertiary/aromatic N) is 3. The summed E-state index contributed by atoms with van der Waals surface area (Å²) in [5.41, 5.74) is 0.628. The van der Waals surface area contributed by atoms with Crippen molar-refractivity contribution in [3.63, 3.8) is 0 Å². The van der Waals surface area contributed by atoms with Crippen LogP contribution in [0.2, 0.25) is 0 Å². The average molecular weight is 382 g/mol. The summed E-state index contributed by atoms with van der Waals surface area (Å²) in [7, 11) is 0. The Morgan fingerprint density at radius 2 is 1.79 bits per heavy atom. The van der Waals surface area contributed by atoms with E-state index in [-0.39, 0.29) is 28.5 Å². The van der Waals surface area contributed by atoms with Gasteiger partial charge in [0.25, 0.3) is 11.6 Å². The van der Waals surface area contributed by atoms with Gasteiger partial charge in [0.15, 0.2) is 0 Å². The molecule has 1 amide bonds. The van der Waals surface area contributed by atoms with Crippen molar-refractivity contribution in [3.8, 4) is 16.9 Å². The Kier molecular flexibility index (Phi) is 4.96. The summed E-state index contributed by atoms with van der Waals surface area (Å²) in [5.74, 6) is -0.848. The number of nitro benzene ring substituents is 1. The van der Waals surface area contributed by atoms with Gasteiger partial charge in [-0.25, -0.2) is 9.07 Å². The first-order chi connectivity index (χ1) is 13.2. The van der Waals surface area contributed by atoms with Gasteiger partial charge < -0.3 is 5.32 Å². The fourth-order valence-corrected chi connectivity index (χ4v) is 2.66. The van der Waals surface area contributed by atoms with Crippen LogP contribution in [0.1, 0.15) is 31.3 Å².